The predicted octanol–water partition coefficient (Wildman–Crippen LogP) is 3.11. The lowest BCUT2D eigenvalue weighted by atomic mass is 10.1. The molecular weight excluding hydrogens is 256 g/mol. The zero-order valence-corrected chi connectivity index (χ0v) is 13.6. The maximum Gasteiger partial charge on any atom is 0.333 e. The Labute approximate surface area is 121 Å². The molecule has 0 N–H and O–H groups in total. The van der Waals surface area contributed by atoms with Crippen molar-refractivity contribution < 1.29 is 19.1 Å². The van der Waals surface area contributed by atoms with Crippen LogP contribution in [0.3, 0.4) is 0 Å². The molecule has 0 aromatic carbocycles. The van der Waals surface area contributed by atoms with Crippen molar-refractivity contribution in [3.05, 3.63) is 11.6 Å². The molecule has 4 heteroatoms. The summed E-state index contributed by atoms with van der Waals surface area (Å²) in [7, 11) is 0. The van der Waals surface area contributed by atoms with Gasteiger partial charge in [-0.05, 0) is 46.0 Å². The maximum absolute atomic E-state index is 12.2. The minimum atomic E-state index is -0.486. The molecule has 0 unspecified atom stereocenters. The van der Waals surface area contributed by atoms with E-state index >= 15 is 0 Å². The van der Waals surface area contributed by atoms with Crippen molar-refractivity contribution in [2.45, 2.75) is 54.1 Å². The van der Waals surface area contributed by atoms with Crippen LogP contribution < -0.4 is 0 Å². The Bertz CT molecular complexity index is 426. The third-order valence-electron chi connectivity index (χ3n) is 3.60. The molecule has 1 aliphatic carbocycles. The Morgan fingerprint density at radius 3 is 2.25 bits per heavy atom. The molecule has 1 fully saturated rings. The van der Waals surface area contributed by atoms with Crippen LogP contribution in [0.15, 0.2) is 11.6 Å². The number of ether oxygens (including phenoxy) is 2. The van der Waals surface area contributed by atoms with E-state index in [2.05, 4.69) is 0 Å². The number of esters is 2. The van der Waals surface area contributed by atoms with E-state index in [1.54, 1.807) is 13.8 Å². The van der Waals surface area contributed by atoms with Crippen molar-refractivity contribution in [2.75, 3.05) is 6.61 Å². The van der Waals surface area contributed by atoms with Crippen LogP contribution in [0.4, 0.5) is 0 Å². The van der Waals surface area contributed by atoms with Crippen LogP contribution in [0.1, 0.15) is 48.5 Å². The van der Waals surface area contributed by atoms with Gasteiger partial charge in [0.1, 0.15) is 5.60 Å². The smallest absolute Gasteiger partial charge is 0.333 e. The van der Waals surface area contributed by atoms with E-state index in [0.717, 1.165) is 0 Å². The molecule has 0 aromatic rings. The second-order valence-corrected chi connectivity index (χ2v) is 6.93. The van der Waals surface area contributed by atoms with Crippen LogP contribution >= 0.6 is 0 Å². The fourth-order valence-corrected chi connectivity index (χ4v) is 2.39. The number of rotatable bonds is 4. The second-order valence-electron chi connectivity index (χ2n) is 6.93. The molecule has 0 radical (unpaired) electrons. The normalized spacial score (nSPS) is 25.1. The van der Waals surface area contributed by atoms with Crippen LogP contribution in [0.5, 0.6) is 0 Å². The van der Waals surface area contributed by atoms with Gasteiger partial charge in [0, 0.05) is 5.57 Å². The minimum absolute atomic E-state index is 0.0294. The molecule has 0 heterocycles. The molecule has 0 aromatic heterocycles. The molecule has 0 aliphatic heterocycles. The number of carbonyl (C=O) groups is 2. The lowest BCUT2D eigenvalue weighted by Crippen LogP contribution is -2.26. The van der Waals surface area contributed by atoms with Crippen LogP contribution in [0, 0.1) is 17.3 Å². The number of carbonyl (C=O) groups excluding carboxylic acids is 2. The molecule has 1 saturated carbocycles. The van der Waals surface area contributed by atoms with E-state index < -0.39 is 5.60 Å². The fraction of sp³-hybridized carbons (Fsp3) is 0.750. The highest BCUT2D eigenvalue weighted by Crippen LogP contribution is 2.60. The van der Waals surface area contributed by atoms with Crippen molar-refractivity contribution >= 4 is 11.9 Å². The molecule has 0 saturated heterocycles. The van der Waals surface area contributed by atoms with E-state index in [0.29, 0.717) is 12.2 Å². The molecule has 20 heavy (non-hydrogen) atoms. The number of hydrogen-bond donors (Lipinski definition) is 0. The van der Waals surface area contributed by atoms with Crippen molar-refractivity contribution in [3.8, 4) is 0 Å². The van der Waals surface area contributed by atoms with E-state index in [9.17, 15) is 9.59 Å². The van der Waals surface area contributed by atoms with Crippen LogP contribution in [-0.2, 0) is 19.1 Å². The molecule has 0 spiro atoms. The average Bonchev–Trinajstić information content (AvgIpc) is 2.78. The monoisotopic (exact) mass is 282 g/mol. The molecule has 4 nitrogen and oxygen atoms in total. The van der Waals surface area contributed by atoms with Gasteiger partial charge in [-0.1, -0.05) is 19.9 Å². The Balaban J connectivity index is 2.76. The quantitative estimate of drug-likeness (QED) is 0.587. The first-order valence-corrected chi connectivity index (χ1v) is 7.09. The topological polar surface area (TPSA) is 52.6 Å². The third kappa shape index (κ3) is 3.84. The van der Waals surface area contributed by atoms with Crippen LogP contribution in [-0.4, -0.2) is 24.1 Å². The summed E-state index contributed by atoms with van der Waals surface area (Å²) in [6.45, 7) is 13.4. The highest BCUT2D eigenvalue weighted by molar-refractivity contribution is 5.88. The van der Waals surface area contributed by atoms with Gasteiger partial charge in [0.15, 0.2) is 0 Å². The Kier molecular flexibility index (Phi) is 4.67. The lowest BCUT2D eigenvalue weighted by molar-refractivity contribution is -0.157. The van der Waals surface area contributed by atoms with Crippen molar-refractivity contribution in [1.82, 2.24) is 0 Å². The SMILES string of the molecule is CCOC(=O)C(C)=C[C@@H]1[C@@H](C(=O)OC(C)(C)C)C1(C)C. The summed E-state index contributed by atoms with van der Waals surface area (Å²) >= 11 is 0. The molecule has 1 rings (SSSR count). The van der Waals surface area contributed by atoms with Gasteiger partial charge in [-0.3, -0.25) is 4.79 Å². The van der Waals surface area contributed by atoms with Crippen LogP contribution in [0.25, 0.3) is 0 Å². The van der Waals surface area contributed by atoms with Gasteiger partial charge in [-0.15, -0.1) is 0 Å². The van der Waals surface area contributed by atoms with Gasteiger partial charge >= 0.3 is 11.9 Å². The summed E-state index contributed by atoms with van der Waals surface area (Å²) in [5.41, 5.74) is -0.105. The zero-order chi connectivity index (χ0) is 15.7. The molecule has 1 aliphatic rings. The summed E-state index contributed by atoms with van der Waals surface area (Å²) in [6.07, 6.45) is 1.84. The lowest BCUT2D eigenvalue weighted by Gasteiger charge is -2.19. The van der Waals surface area contributed by atoms with E-state index in [4.69, 9.17) is 9.47 Å². The Morgan fingerprint density at radius 1 is 1.25 bits per heavy atom. The summed E-state index contributed by atoms with van der Waals surface area (Å²) < 4.78 is 10.4. The molecule has 114 valence electrons. The van der Waals surface area contributed by atoms with Gasteiger partial charge in [-0.25, -0.2) is 4.79 Å². The molecular formula is C16H26O4. The Morgan fingerprint density at radius 2 is 1.80 bits per heavy atom. The van der Waals surface area contributed by atoms with E-state index in [-0.39, 0.29) is 29.2 Å². The second kappa shape index (κ2) is 5.58. The minimum Gasteiger partial charge on any atom is -0.463 e. The first-order valence-electron chi connectivity index (χ1n) is 7.09. The summed E-state index contributed by atoms with van der Waals surface area (Å²) in [6, 6.07) is 0. The number of hydrogen-bond acceptors (Lipinski definition) is 4. The fourth-order valence-electron chi connectivity index (χ4n) is 2.39. The summed E-state index contributed by atoms with van der Waals surface area (Å²) in [5.74, 6) is -0.675. The van der Waals surface area contributed by atoms with E-state index in [1.807, 2.05) is 40.7 Å². The first kappa shape index (κ1) is 16.7. The van der Waals surface area contributed by atoms with Gasteiger partial charge in [0.2, 0.25) is 0 Å². The van der Waals surface area contributed by atoms with Gasteiger partial charge in [0.05, 0.1) is 12.5 Å². The zero-order valence-electron chi connectivity index (χ0n) is 13.6. The number of allylic oxidation sites excluding steroid dienone is 1. The van der Waals surface area contributed by atoms with Gasteiger partial charge in [0.25, 0.3) is 0 Å². The van der Waals surface area contributed by atoms with E-state index in [1.165, 1.54) is 0 Å². The largest absolute Gasteiger partial charge is 0.463 e. The average molecular weight is 282 g/mol. The summed E-state index contributed by atoms with van der Waals surface area (Å²) in [5, 5.41) is 0. The maximum atomic E-state index is 12.2. The third-order valence-corrected chi connectivity index (χ3v) is 3.60. The van der Waals surface area contributed by atoms with Crippen molar-refractivity contribution in [1.29, 1.82) is 0 Å². The molecule has 0 bridgehead atoms. The first-order chi connectivity index (χ1) is 9.00. The standard InChI is InChI=1S/C16H26O4/c1-8-19-13(17)10(2)9-11-12(16(11,6)7)14(18)20-15(3,4)5/h9,11-12H,8H2,1-7H3/t11-,12+/m1/s1. The highest BCUT2D eigenvalue weighted by Gasteiger charge is 2.62. The predicted molar refractivity (Wildman–Crippen MR) is 77.0 cm³/mol. The Hall–Kier alpha value is -1.32. The molecule has 0 amide bonds. The summed E-state index contributed by atoms with van der Waals surface area (Å²) in [4.78, 5) is 23.8. The van der Waals surface area contributed by atoms with Crippen molar-refractivity contribution in [3.63, 3.8) is 0 Å². The van der Waals surface area contributed by atoms with Gasteiger partial charge < -0.3 is 9.47 Å². The highest BCUT2D eigenvalue weighted by atomic mass is 16.6. The molecule has 2 atom stereocenters. The van der Waals surface area contributed by atoms with Gasteiger partial charge in [-0.2, -0.15) is 0 Å². The van der Waals surface area contributed by atoms with Crippen molar-refractivity contribution in [2.24, 2.45) is 17.3 Å². The van der Waals surface area contributed by atoms with Crippen LogP contribution in [0.2, 0.25) is 0 Å².